The topological polar surface area (TPSA) is 92.7 Å². The maximum atomic E-state index is 12.3. The van der Waals surface area contributed by atoms with Crippen molar-refractivity contribution < 1.29 is 23.1 Å². The SMILES string of the molecule is COc1ccccc1NS(=O)(=O)c1ccc(CC(=O)O)s1. The van der Waals surface area contributed by atoms with Crippen molar-refractivity contribution in [2.75, 3.05) is 11.8 Å². The maximum absolute atomic E-state index is 12.3. The van der Waals surface area contributed by atoms with Gasteiger partial charge in [0.25, 0.3) is 10.0 Å². The van der Waals surface area contributed by atoms with Crippen LogP contribution >= 0.6 is 11.3 Å². The molecule has 0 aliphatic rings. The van der Waals surface area contributed by atoms with Crippen LogP contribution in [0.4, 0.5) is 5.69 Å². The van der Waals surface area contributed by atoms with Gasteiger partial charge in [-0.25, -0.2) is 8.42 Å². The molecule has 0 bridgehead atoms. The molecule has 0 spiro atoms. The zero-order chi connectivity index (χ0) is 15.5. The van der Waals surface area contributed by atoms with Crippen molar-refractivity contribution in [2.45, 2.75) is 10.6 Å². The van der Waals surface area contributed by atoms with Crippen LogP contribution in [0.3, 0.4) is 0 Å². The van der Waals surface area contributed by atoms with Crippen molar-refractivity contribution in [1.29, 1.82) is 0 Å². The molecule has 0 unspecified atom stereocenters. The molecule has 0 saturated carbocycles. The lowest BCUT2D eigenvalue weighted by atomic mass is 10.3. The van der Waals surface area contributed by atoms with Gasteiger partial charge in [-0.05, 0) is 24.3 Å². The first-order valence-corrected chi connectivity index (χ1v) is 8.18. The number of hydrogen-bond acceptors (Lipinski definition) is 5. The second-order valence-corrected chi connectivity index (χ2v) is 7.17. The second-order valence-electron chi connectivity index (χ2n) is 4.10. The standard InChI is InChI=1S/C13H13NO5S2/c1-19-11-5-3-2-4-10(11)14-21(17,18)13-7-6-9(20-13)8-12(15)16/h2-7,14H,8H2,1H3,(H,15,16). The summed E-state index contributed by atoms with van der Waals surface area (Å²) in [5, 5.41) is 8.71. The number of carboxylic acids is 1. The van der Waals surface area contributed by atoms with E-state index in [9.17, 15) is 13.2 Å². The molecule has 112 valence electrons. The molecule has 1 aromatic heterocycles. The minimum absolute atomic E-state index is 0.0599. The molecule has 0 aliphatic carbocycles. The number of anilines is 1. The van der Waals surface area contributed by atoms with E-state index in [0.717, 1.165) is 11.3 Å². The quantitative estimate of drug-likeness (QED) is 0.848. The number of aliphatic carboxylic acids is 1. The number of thiophene rings is 1. The highest BCUT2D eigenvalue weighted by Gasteiger charge is 2.19. The van der Waals surface area contributed by atoms with E-state index in [4.69, 9.17) is 9.84 Å². The molecule has 0 atom stereocenters. The molecule has 0 saturated heterocycles. The van der Waals surface area contributed by atoms with Gasteiger partial charge < -0.3 is 9.84 Å². The molecule has 0 radical (unpaired) electrons. The Morgan fingerprint density at radius 3 is 2.67 bits per heavy atom. The summed E-state index contributed by atoms with van der Waals surface area (Å²) in [5.74, 6) is -0.595. The van der Waals surface area contributed by atoms with Crippen LogP contribution in [0.1, 0.15) is 4.88 Å². The van der Waals surface area contributed by atoms with Crippen molar-refractivity contribution in [1.82, 2.24) is 0 Å². The van der Waals surface area contributed by atoms with Crippen LogP contribution in [0, 0.1) is 0 Å². The predicted octanol–water partition coefficient (Wildman–Crippen LogP) is 2.18. The molecule has 0 amide bonds. The third-order valence-electron chi connectivity index (χ3n) is 2.58. The van der Waals surface area contributed by atoms with Crippen LogP contribution in [-0.4, -0.2) is 26.6 Å². The highest BCUT2D eigenvalue weighted by atomic mass is 32.2. The van der Waals surface area contributed by atoms with Crippen molar-refractivity contribution in [3.05, 3.63) is 41.3 Å². The number of rotatable bonds is 6. The lowest BCUT2D eigenvalue weighted by Crippen LogP contribution is -2.12. The van der Waals surface area contributed by atoms with E-state index < -0.39 is 16.0 Å². The molecule has 0 aliphatic heterocycles. The smallest absolute Gasteiger partial charge is 0.308 e. The number of benzene rings is 1. The number of carboxylic acid groups (broad SMARTS) is 1. The van der Waals surface area contributed by atoms with Crippen LogP contribution in [-0.2, 0) is 21.2 Å². The van der Waals surface area contributed by atoms with Crippen molar-refractivity contribution >= 4 is 33.0 Å². The Kier molecular flexibility index (Phi) is 4.49. The van der Waals surface area contributed by atoms with E-state index in [1.54, 1.807) is 24.3 Å². The molecule has 8 heteroatoms. The number of hydrogen-bond donors (Lipinski definition) is 2. The van der Waals surface area contributed by atoms with Crippen LogP contribution in [0.25, 0.3) is 0 Å². The first-order chi connectivity index (χ1) is 9.92. The van der Waals surface area contributed by atoms with Gasteiger partial charge >= 0.3 is 5.97 Å². The number of methoxy groups -OCH3 is 1. The Morgan fingerprint density at radius 1 is 1.29 bits per heavy atom. The van der Waals surface area contributed by atoms with Crippen LogP contribution in [0.2, 0.25) is 0 Å². The van der Waals surface area contributed by atoms with Gasteiger partial charge in [-0.3, -0.25) is 9.52 Å². The summed E-state index contributed by atoms with van der Waals surface area (Å²) in [6.07, 6.45) is -0.200. The van der Waals surface area contributed by atoms with E-state index in [1.165, 1.54) is 19.2 Å². The number of ether oxygens (including phenoxy) is 1. The first kappa shape index (κ1) is 15.3. The van der Waals surface area contributed by atoms with E-state index in [-0.39, 0.29) is 10.6 Å². The molecular formula is C13H13NO5S2. The Bertz CT molecular complexity index is 751. The van der Waals surface area contributed by atoms with Crippen LogP contribution in [0.15, 0.2) is 40.6 Å². The Hall–Kier alpha value is -2.06. The third kappa shape index (κ3) is 3.73. The minimum Gasteiger partial charge on any atom is -0.495 e. The molecule has 2 rings (SSSR count). The third-order valence-corrected chi connectivity index (χ3v) is 5.52. The van der Waals surface area contributed by atoms with Crippen molar-refractivity contribution in [3.63, 3.8) is 0 Å². The Balaban J connectivity index is 2.26. The average Bonchev–Trinajstić information content (AvgIpc) is 2.87. The molecule has 0 fully saturated rings. The lowest BCUT2D eigenvalue weighted by Gasteiger charge is -2.10. The molecule has 21 heavy (non-hydrogen) atoms. The highest BCUT2D eigenvalue weighted by molar-refractivity contribution is 7.94. The number of para-hydroxylation sites is 2. The first-order valence-electron chi connectivity index (χ1n) is 5.89. The maximum Gasteiger partial charge on any atom is 0.308 e. The Labute approximate surface area is 126 Å². The molecule has 6 nitrogen and oxygen atoms in total. The predicted molar refractivity (Wildman–Crippen MR) is 79.5 cm³/mol. The summed E-state index contributed by atoms with van der Waals surface area (Å²) in [4.78, 5) is 11.1. The molecule has 2 aromatic rings. The van der Waals surface area contributed by atoms with Gasteiger partial charge in [0.05, 0.1) is 19.2 Å². The zero-order valence-electron chi connectivity index (χ0n) is 11.1. The monoisotopic (exact) mass is 327 g/mol. The molecule has 1 heterocycles. The van der Waals surface area contributed by atoms with Gasteiger partial charge in [-0.15, -0.1) is 11.3 Å². The van der Waals surface area contributed by atoms with Crippen molar-refractivity contribution in [2.24, 2.45) is 0 Å². The second kappa shape index (κ2) is 6.15. The molecule has 2 N–H and O–H groups in total. The van der Waals surface area contributed by atoms with Gasteiger partial charge in [0.1, 0.15) is 9.96 Å². The molecular weight excluding hydrogens is 314 g/mol. The van der Waals surface area contributed by atoms with Gasteiger partial charge in [-0.2, -0.15) is 0 Å². The largest absolute Gasteiger partial charge is 0.495 e. The number of carbonyl (C=O) groups is 1. The van der Waals surface area contributed by atoms with Gasteiger partial charge in [0, 0.05) is 4.88 Å². The normalized spacial score (nSPS) is 11.1. The summed E-state index contributed by atoms with van der Waals surface area (Å²) in [6.45, 7) is 0. The van der Waals surface area contributed by atoms with E-state index in [2.05, 4.69) is 4.72 Å². The summed E-state index contributed by atoms with van der Waals surface area (Å²) >= 11 is 0.929. The fraction of sp³-hybridized carbons (Fsp3) is 0.154. The van der Waals surface area contributed by atoms with E-state index in [1.807, 2.05) is 0 Å². The Morgan fingerprint density at radius 2 is 2.00 bits per heavy atom. The fourth-order valence-corrected chi connectivity index (χ4v) is 4.09. The van der Waals surface area contributed by atoms with Crippen LogP contribution in [0.5, 0.6) is 5.75 Å². The van der Waals surface area contributed by atoms with Crippen LogP contribution < -0.4 is 9.46 Å². The summed E-state index contributed by atoms with van der Waals surface area (Å²) in [6, 6.07) is 9.53. The highest BCUT2D eigenvalue weighted by Crippen LogP contribution is 2.28. The van der Waals surface area contributed by atoms with Gasteiger partial charge in [0.2, 0.25) is 0 Å². The minimum atomic E-state index is -3.77. The van der Waals surface area contributed by atoms with Gasteiger partial charge in [-0.1, -0.05) is 12.1 Å². The van der Waals surface area contributed by atoms with E-state index in [0.29, 0.717) is 16.3 Å². The fourth-order valence-electron chi connectivity index (χ4n) is 1.67. The van der Waals surface area contributed by atoms with Crippen molar-refractivity contribution in [3.8, 4) is 5.75 Å². The zero-order valence-corrected chi connectivity index (χ0v) is 12.7. The lowest BCUT2D eigenvalue weighted by molar-refractivity contribution is -0.136. The number of sulfonamides is 1. The van der Waals surface area contributed by atoms with E-state index >= 15 is 0 Å². The summed E-state index contributed by atoms with van der Waals surface area (Å²) in [7, 11) is -2.32. The average molecular weight is 327 g/mol. The molecule has 1 aromatic carbocycles. The summed E-state index contributed by atoms with van der Waals surface area (Å²) < 4.78 is 32.1. The van der Waals surface area contributed by atoms with Gasteiger partial charge in [0.15, 0.2) is 0 Å². The number of nitrogens with one attached hydrogen (secondary N) is 1. The summed E-state index contributed by atoms with van der Waals surface area (Å²) in [5.41, 5.74) is 0.327.